The molecule has 1 atom stereocenters. The number of halogens is 1. The van der Waals surface area contributed by atoms with Crippen molar-refractivity contribution in [3.63, 3.8) is 0 Å². The van der Waals surface area contributed by atoms with E-state index in [-0.39, 0.29) is 5.75 Å². The van der Waals surface area contributed by atoms with Crippen molar-refractivity contribution >= 4 is 21.9 Å². The van der Waals surface area contributed by atoms with E-state index in [9.17, 15) is 9.90 Å². The minimum Gasteiger partial charge on any atom is -0.508 e. The van der Waals surface area contributed by atoms with Crippen LogP contribution in [0.15, 0.2) is 16.6 Å². The first-order valence-electron chi connectivity index (χ1n) is 4.71. The summed E-state index contributed by atoms with van der Waals surface area (Å²) in [7, 11) is 0. The SMILES string of the molecule is CCc1cc(O)c(C(C)C(=O)O)cc1Br. The summed E-state index contributed by atoms with van der Waals surface area (Å²) < 4.78 is 0.839. The highest BCUT2D eigenvalue weighted by Gasteiger charge is 2.18. The van der Waals surface area contributed by atoms with E-state index in [1.54, 1.807) is 19.1 Å². The van der Waals surface area contributed by atoms with E-state index in [0.29, 0.717) is 5.56 Å². The van der Waals surface area contributed by atoms with E-state index in [1.165, 1.54) is 0 Å². The number of phenols is 1. The van der Waals surface area contributed by atoms with Crippen molar-refractivity contribution in [1.82, 2.24) is 0 Å². The minimum absolute atomic E-state index is 0.0463. The summed E-state index contributed by atoms with van der Waals surface area (Å²) >= 11 is 3.35. The van der Waals surface area contributed by atoms with Crippen molar-refractivity contribution in [1.29, 1.82) is 0 Å². The van der Waals surface area contributed by atoms with Crippen LogP contribution < -0.4 is 0 Å². The van der Waals surface area contributed by atoms with Gasteiger partial charge in [0.25, 0.3) is 0 Å². The molecule has 15 heavy (non-hydrogen) atoms. The lowest BCUT2D eigenvalue weighted by Gasteiger charge is -2.12. The van der Waals surface area contributed by atoms with Gasteiger partial charge in [-0.15, -0.1) is 0 Å². The lowest BCUT2D eigenvalue weighted by atomic mass is 9.98. The molecule has 0 bridgehead atoms. The number of hydrogen-bond donors (Lipinski definition) is 2. The molecule has 0 aromatic heterocycles. The molecule has 0 spiro atoms. The highest BCUT2D eigenvalue weighted by Crippen LogP contribution is 2.32. The van der Waals surface area contributed by atoms with Crippen LogP contribution in [0.3, 0.4) is 0 Å². The van der Waals surface area contributed by atoms with Crippen molar-refractivity contribution in [2.24, 2.45) is 0 Å². The Morgan fingerprint density at radius 2 is 2.13 bits per heavy atom. The topological polar surface area (TPSA) is 57.5 Å². The van der Waals surface area contributed by atoms with Crippen molar-refractivity contribution in [2.75, 3.05) is 0 Å². The second-order valence-electron chi connectivity index (χ2n) is 3.42. The highest BCUT2D eigenvalue weighted by atomic mass is 79.9. The molecule has 0 aliphatic heterocycles. The van der Waals surface area contributed by atoms with E-state index in [1.807, 2.05) is 6.92 Å². The lowest BCUT2D eigenvalue weighted by molar-refractivity contribution is -0.138. The highest BCUT2D eigenvalue weighted by molar-refractivity contribution is 9.10. The third kappa shape index (κ3) is 2.50. The Morgan fingerprint density at radius 3 is 2.60 bits per heavy atom. The molecule has 0 heterocycles. The molecule has 0 saturated carbocycles. The largest absolute Gasteiger partial charge is 0.508 e. The predicted octanol–water partition coefficient (Wildman–Crippen LogP) is 2.91. The summed E-state index contributed by atoms with van der Waals surface area (Å²) in [5.74, 6) is -1.60. The van der Waals surface area contributed by atoms with Crippen molar-refractivity contribution < 1.29 is 15.0 Å². The average Bonchev–Trinajstić information content (AvgIpc) is 2.19. The molecule has 1 unspecified atom stereocenters. The molecule has 1 rings (SSSR count). The lowest BCUT2D eigenvalue weighted by Crippen LogP contribution is -2.08. The van der Waals surface area contributed by atoms with Gasteiger partial charge in [0.05, 0.1) is 5.92 Å². The first-order chi connectivity index (χ1) is 6.97. The number of benzene rings is 1. The number of carboxylic acid groups (broad SMARTS) is 1. The van der Waals surface area contributed by atoms with Gasteiger partial charge in [-0.1, -0.05) is 22.9 Å². The summed E-state index contributed by atoms with van der Waals surface area (Å²) in [6.45, 7) is 3.52. The molecule has 0 saturated heterocycles. The average molecular weight is 273 g/mol. The maximum atomic E-state index is 10.8. The van der Waals surface area contributed by atoms with Gasteiger partial charge in [0.15, 0.2) is 0 Å². The van der Waals surface area contributed by atoms with Crippen LogP contribution in [0, 0.1) is 0 Å². The standard InChI is InChI=1S/C11H13BrO3/c1-3-7-4-10(13)8(5-9(7)12)6(2)11(14)15/h4-6,13H,3H2,1-2H3,(H,14,15). The van der Waals surface area contributed by atoms with Gasteiger partial charge >= 0.3 is 5.97 Å². The summed E-state index contributed by atoms with van der Waals surface area (Å²) in [5, 5.41) is 18.5. The zero-order valence-corrected chi connectivity index (χ0v) is 10.2. The second-order valence-corrected chi connectivity index (χ2v) is 4.27. The smallest absolute Gasteiger partial charge is 0.310 e. The maximum Gasteiger partial charge on any atom is 0.310 e. The Morgan fingerprint density at radius 1 is 1.53 bits per heavy atom. The van der Waals surface area contributed by atoms with Gasteiger partial charge in [-0.25, -0.2) is 0 Å². The first kappa shape index (κ1) is 12.0. The fourth-order valence-electron chi connectivity index (χ4n) is 1.37. The zero-order chi connectivity index (χ0) is 11.6. The molecule has 0 aliphatic carbocycles. The zero-order valence-electron chi connectivity index (χ0n) is 8.62. The van der Waals surface area contributed by atoms with Crippen LogP contribution in [0.4, 0.5) is 0 Å². The normalized spacial score (nSPS) is 12.5. The van der Waals surface area contributed by atoms with E-state index in [0.717, 1.165) is 16.5 Å². The van der Waals surface area contributed by atoms with E-state index >= 15 is 0 Å². The second kappa shape index (κ2) is 4.66. The molecule has 0 fully saturated rings. The number of rotatable bonds is 3. The number of carboxylic acids is 1. The molecule has 0 amide bonds. The predicted molar refractivity (Wildman–Crippen MR) is 61.2 cm³/mol. The van der Waals surface area contributed by atoms with Gasteiger partial charge in [-0.3, -0.25) is 4.79 Å². The van der Waals surface area contributed by atoms with Gasteiger partial charge in [-0.2, -0.15) is 0 Å². The number of aliphatic carboxylic acids is 1. The number of phenolic OH excluding ortho intramolecular Hbond substituents is 1. The molecular weight excluding hydrogens is 260 g/mol. The summed E-state index contributed by atoms with van der Waals surface area (Å²) in [4.78, 5) is 10.8. The van der Waals surface area contributed by atoms with Crippen LogP contribution in [-0.4, -0.2) is 16.2 Å². The number of aryl methyl sites for hydroxylation is 1. The number of hydrogen-bond acceptors (Lipinski definition) is 2. The van der Waals surface area contributed by atoms with Crippen LogP contribution in [-0.2, 0) is 11.2 Å². The van der Waals surface area contributed by atoms with Crippen LogP contribution in [0.1, 0.15) is 30.9 Å². The molecular formula is C11H13BrO3. The Kier molecular flexibility index (Phi) is 3.74. The Labute approximate surface area is 96.9 Å². The fraction of sp³-hybridized carbons (Fsp3) is 0.364. The molecule has 0 radical (unpaired) electrons. The summed E-state index contributed by atoms with van der Waals surface area (Å²) in [5.41, 5.74) is 1.40. The molecule has 2 N–H and O–H groups in total. The molecule has 1 aromatic carbocycles. The summed E-state index contributed by atoms with van der Waals surface area (Å²) in [6.07, 6.45) is 0.788. The van der Waals surface area contributed by atoms with Crippen molar-refractivity contribution in [2.45, 2.75) is 26.2 Å². The van der Waals surface area contributed by atoms with Crippen LogP contribution in [0.2, 0.25) is 0 Å². The Hall–Kier alpha value is -1.03. The van der Waals surface area contributed by atoms with Crippen LogP contribution >= 0.6 is 15.9 Å². The molecule has 3 nitrogen and oxygen atoms in total. The third-order valence-electron chi connectivity index (χ3n) is 2.41. The third-order valence-corrected chi connectivity index (χ3v) is 3.15. The first-order valence-corrected chi connectivity index (χ1v) is 5.50. The molecule has 82 valence electrons. The molecule has 0 aliphatic rings. The van der Waals surface area contributed by atoms with Crippen LogP contribution in [0.5, 0.6) is 5.75 Å². The number of aromatic hydroxyl groups is 1. The van der Waals surface area contributed by atoms with Crippen molar-refractivity contribution in [3.8, 4) is 5.75 Å². The molecule has 1 aromatic rings. The van der Waals surface area contributed by atoms with Gasteiger partial charge < -0.3 is 10.2 Å². The monoisotopic (exact) mass is 272 g/mol. The van der Waals surface area contributed by atoms with E-state index in [4.69, 9.17) is 5.11 Å². The molecule has 4 heteroatoms. The quantitative estimate of drug-likeness (QED) is 0.890. The maximum absolute atomic E-state index is 10.8. The van der Waals surface area contributed by atoms with Gasteiger partial charge in [0, 0.05) is 10.0 Å². The van der Waals surface area contributed by atoms with Gasteiger partial charge in [0.1, 0.15) is 5.75 Å². The number of carbonyl (C=O) groups is 1. The van der Waals surface area contributed by atoms with E-state index < -0.39 is 11.9 Å². The van der Waals surface area contributed by atoms with Crippen molar-refractivity contribution in [3.05, 3.63) is 27.7 Å². The minimum atomic E-state index is -0.943. The van der Waals surface area contributed by atoms with Gasteiger partial charge in [-0.05, 0) is 31.0 Å². The Balaban J connectivity index is 3.21. The van der Waals surface area contributed by atoms with Crippen LogP contribution in [0.25, 0.3) is 0 Å². The summed E-state index contributed by atoms with van der Waals surface area (Å²) in [6, 6.07) is 3.28. The Bertz CT molecular complexity index is 388. The van der Waals surface area contributed by atoms with Gasteiger partial charge in [0.2, 0.25) is 0 Å². The fourth-order valence-corrected chi connectivity index (χ4v) is 2.01. The van der Waals surface area contributed by atoms with E-state index in [2.05, 4.69) is 15.9 Å².